The SMILES string of the molecule is O=c1c2cc(F)ccc2nc(C(F)(F)F)n1-c1ccccc1. The number of hydrogen-bond donors (Lipinski definition) is 0. The number of nitrogens with zero attached hydrogens (tertiary/aromatic N) is 2. The predicted molar refractivity (Wildman–Crippen MR) is 72.3 cm³/mol. The summed E-state index contributed by atoms with van der Waals surface area (Å²) in [7, 11) is 0. The number of hydrogen-bond acceptors (Lipinski definition) is 2. The average Bonchev–Trinajstić information content (AvgIpc) is 2.47. The number of aromatic nitrogens is 2. The van der Waals surface area contributed by atoms with Crippen molar-refractivity contribution < 1.29 is 17.6 Å². The average molecular weight is 308 g/mol. The van der Waals surface area contributed by atoms with E-state index in [0.717, 1.165) is 18.2 Å². The fraction of sp³-hybridized carbons (Fsp3) is 0.0667. The predicted octanol–water partition coefficient (Wildman–Crippen LogP) is 3.54. The fourth-order valence-corrected chi connectivity index (χ4v) is 2.16. The molecule has 0 bridgehead atoms. The lowest BCUT2D eigenvalue weighted by Crippen LogP contribution is -2.28. The maximum Gasteiger partial charge on any atom is 0.450 e. The summed E-state index contributed by atoms with van der Waals surface area (Å²) in [6.07, 6.45) is -4.82. The Balaban J connectivity index is 2.47. The summed E-state index contributed by atoms with van der Waals surface area (Å²) in [5.41, 5.74) is -1.16. The highest BCUT2D eigenvalue weighted by molar-refractivity contribution is 5.78. The van der Waals surface area contributed by atoms with Gasteiger partial charge in [-0.1, -0.05) is 18.2 Å². The maximum absolute atomic E-state index is 13.3. The summed E-state index contributed by atoms with van der Waals surface area (Å²) in [6, 6.07) is 10.2. The van der Waals surface area contributed by atoms with Gasteiger partial charge in [0, 0.05) is 0 Å². The molecule has 0 aliphatic rings. The van der Waals surface area contributed by atoms with Crippen molar-refractivity contribution in [1.82, 2.24) is 9.55 Å². The van der Waals surface area contributed by atoms with Crippen LogP contribution in [0.1, 0.15) is 5.82 Å². The van der Waals surface area contributed by atoms with Gasteiger partial charge in [0.1, 0.15) is 5.82 Å². The third kappa shape index (κ3) is 2.34. The Morgan fingerprint density at radius 1 is 1.00 bits per heavy atom. The van der Waals surface area contributed by atoms with Crippen LogP contribution in [0.3, 0.4) is 0 Å². The molecule has 3 rings (SSSR count). The van der Waals surface area contributed by atoms with Gasteiger partial charge in [-0.15, -0.1) is 0 Å². The van der Waals surface area contributed by atoms with Crippen LogP contribution in [0.15, 0.2) is 53.3 Å². The van der Waals surface area contributed by atoms with E-state index in [2.05, 4.69) is 4.98 Å². The zero-order valence-corrected chi connectivity index (χ0v) is 10.9. The van der Waals surface area contributed by atoms with Crippen LogP contribution in [0.4, 0.5) is 17.6 Å². The van der Waals surface area contributed by atoms with E-state index in [-0.39, 0.29) is 16.6 Å². The Labute approximate surface area is 121 Å². The van der Waals surface area contributed by atoms with Gasteiger partial charge in [0.05, 0.1) is 16.6 Å². The molecule has 1 heterocycles. The van der Waals surface area contributed by atoms with Crippen molar-refractivity contribution in [3.05, 3.63) is 70.5 Å². The summed E-state index contributed by atoms with van der Waals surface area (Å²) in [6.45, 7) is 0. The molecule has 0 amide bonds. The van der Waals surface area contributed by atoms with E-state index >= 15 is 0 Å². The number of fused-ring (bicyclic) bond motifs is 1. The first-order valence-corrected chi connectivity index (χ1v) is 6.23. The minimum Gasteiger partial charge on any atom is -0.268 e. The van der Waals surface area contributed by atoms with Gasteiger partial charge in [-0.05, 0) is 30.3 Å². The highest BCUT2D eigenvalue weighted by Crippen LogP contribution is 2.29. The maximum atomic E-state index is 13.3. The van der Waals surface area contributed by atoms with E-state index < -0.39 is 23.4 Å². The van der Waals surface area contributed by atoms with Gasteiger partial charge < -0.3 is 0 Å². The molecule has 22 heavy (non-hydrogen) atoms. The lowest BCUT2D eigenvalue weighted by atomic mass is 10.2. The Bertz CT molecular complexity index is 901. The van der Waals surface area contributed by atoms with Crippen molar-refractivity contribution in [3.8, 4) is 5.69 Å². The van der Waals surface area contributed by atoms with E-state index in [0.29, 0.717) is 4.57 Å². The van der Waals surface area contributed by atoms with Gasteiger partial charge in [-0.3, -0.25) is 9.36 Å². The summed E-state index contributed by atoms with van der Waals surface area (Å²) in [5, 5.41) is -0.211. The van der Waals surface area contributed by atoms with E-state index in [1.165, 1.54) is 24.3 Å². The van der Waals surface area contributed by atoms with Crippen LogP contribution >= 0.6 is 0 Å². The summed E-state index contributed by atoms with van der Waals surface area (Å²) in [4.78, 5) is 15.9. The third-order valence-corrected chi connectivity index (χ3v) is 3.10. The van der Waals surface area contributed by atoms with Crippen LogP contribution < -0.4 is 5.56 Å². The van der Waals surface area contributed by atoms with Gasteiger partial charge in [0.25, 0.3) is 5.56 Å². The molecule has 1 aromatic heterocycles. The molecule has 3 nitrogen and oxygen atoms in total. The molecule has 0 N–H and O–H groups in total. The second kappa shape index (κ2) is 4.94. The number of halogens is 4. The lowest BCUT2D eigenvalue weighted by Gasteiger charge is -2.15. The molecule has 0 aliphatic heterocycles. The van der Waals surface area contributed by atoms with Gasteiger partial charge in [0.2, 0.25) is 5.82 Å². The molecule has 3 aromatic rings. The molecular weight excluding hydrogens is 300 g/mol. The Morgan fingerprint density at radius 3 is 2.32 bits per heavy atom. The lowest BCUT2D eigenvalue weighted by molar-refractivity contribution is -0.146. The first kappa shape index (κ1) is 14.2. The number of para-hydroxylation sites is 1. The fourth-order valence-electron chi connectivity index (χ4n) is 2.16. The zero-order valence-electron chi connectivity index (χ0n) is 10.9. The minimum atomic E-state index is -4.82. The second-order valence-corrected chi connectivity index (χ2v) is 4.57. The Hall–Kier alpha value is -2.70. The molecule has 0 unspecified atom stereocenters. The van der Waals surface area contributed by atoms with Gasteiger partial charge in [-0.2, -0.15) is 13.2 Å². The van der Waals surface area contributed by atoms with E-state index in [1.807, 2.05) is 0 Å². The topological polar surface area (TPSA) is 34.9 Å². The monoisotopic (exact) mass is 308 g/mol. The number of rotatable bonds is 1. The van der Waals surface area contributed by atoms with Crippen LogP contribution in [-0.4, -0.2) is 9.55 Å². The number of benzene rings is 2. The summed E-state index contributed by atoms with van der Waals surface area (Å²) < 4.78 is 53.4. The quantitative estimate of drug-likeness (QED) is 0.644. The van der Waals surface area contributed by atoms with E-state index in [9.17, 15) is 22.4 Å². The van der Waals surface area contributed by atoms with Crippen LogP contribution in [-0.2, 0) is 6.18 Å². The Kier molecular flexibility index (Phi) is 3.20. The highest BCUT2D eigenvalue weighted by Gasteiger charge is 2.37. The number of alkyl halides is 3. The van der Waals surface area contributed by atoms with E-state index in [1.54, 1.807) is 6.07 Å². The van der Waals surface area contributed by atoms with Crippen LogP contribution in [0.5, 0.6) is 0 Å². The molecule has 0 aliphatic carbocycles. The first-order chi connectivity index (χ1) is 10.4. The molecule has 0 radical (unpaired) electrons. The van der Waals surface area contributed by atoms with Gasteiger partial charge in [0.15, 0.2) is 0 Å². The summed E-state index contributed by atoms with van der Waals surface area (Å²) >= 11 is 0. The largest absolute Gasteiger partial charge is 0.450 e. The van der Waals surface area contributed by atoms with Crippen molar-refractivity contribution in [3.63, 3.8) is 0 Å². The zero-order chi connectivity index (χ0) is 15.9. The van der Waals surface area contributed by atoms with Crippen LogP contribution in [0, 0.1) is 5.82 Å². The summed E-state index contributed by atoms with van der Waals surface area (Å²) in [5.74, 6) is -2.06. The molecule has 112 valence electrons. The minimum absolute atomic E-state index is 0.0125. The third-order valence-electron chi connectivity index (χ3n) is 3.10. The molecule has 0 atom stereocenters. The molecule has 7 heteroatoms. The van der Waals surface area contributed by atoms with Crippen LogP contribution in [0.25, 0.3) is 16.6 Å². The molecule has 0 saturated carbocycles. The highest BCUT2D eigenvalue weighted by atomic mass is 19.4. The standard InChI is InChI=1S/C15H8F4N2O/c16-9-6-7-12-11(8-9)13(22)21(10-4-2-1-3-5-10)14(20-12)15(17,18)19/h1-8H. The van der Waals surface area contributed by atoms with Gasteiger partial charge >= 0.3 is 6.18 Å². The molecule has 2 aromatic carbocycles. The van der Waals surface area contributed by atoms with Gasteiger partial charge in [-0.25, -0.2) is 9.37 Å². The Morgan fingerprint density at radius 2 is 1.68 bits per heavy atom. The van der Waals surface area contributed by atoms with Crippen molar-refractivity contribution >= 4 is 10.9 Å². The molecule has 0 fully saturated rings. The van der Waals surface area contributed by atoms with Crippen molar-refractivity contribution in [2.24, 2.45) is 0 Å². The molecular formula is C15H8F4N2O. The van der Waals surface area contributed by atoms with E-state index in [4.69, 9.17) is 0 Å². The van der Waals surface area contributed by atoms with Crippen molar-refractivity contribution in [1.29, 1.82) is 0 Å². The van der Waals surface area contributed by atoms with Crippen molar-refractivity contribution in [2.45, 2.75) is 6.18 Å². The normalized spacial score (nSPS) is 11.8. The molecule has 0 saturated heterocycles. The van der Waals surface area contributed by atoms with Crippen LogP contribution in [0.2, 0.25) is 0 Å². The smallest absolute Gasteiger partial charge is 0.268 e. The first-order valence-electron chi connectivity index (χ1n) is 6.23. The second-order valence-electron chi connectivity index (χ2n) is 4.57. The van der Waals surface area contributed by atoms with Crippen molar-refractivity contribution in [2.75, 3.05) is 0 Å². The molecule has 0 spiro atoms.